The number of aromatic amines is 1. The fourth-order valence-corrected chi connectivity index (χ4v) is 1.84. The molecule has 0 spiro atoms. The number of benzene rings is 1. The zero-order valence-electron chi connectivity index (χ0n) is 10.5. The topological polar surface area (TPSA) is 54.1 Å². The van der Waals surface area contributed by atoms with Gasteiger partial charge >= 0.3 is 0 Å². The van der Waals surface area contributed by atoms with Crippen molar-refractivity contribution in [3.05, 3.63) is 52.8 Å². The van der Waals surface area contributed by atoms with Crippen LogP contribution in [0.1, 0.15) is 12.5 Å². The minimum absolute atomic E-state index is 0.135. The molecule has 19 heavy (non-hydrogen) atoms. The van der Waals surface area contributed by atoms with Gasteiger partial charge in [0.05, 0.1) is 0 Å². The number of nitrogens with one attached hydrogen (secondary N) is 2. The quantitative estimate of drug-likeness (QED) is 0.889. The summed E-state index contributed by atoms with van der Waals surface area (Å²) in [5.74, 6) is 0.539. The predicted octanol–water partition coefficient (Wildman–Crippen LogP) is 2.86. The van der Waals surface area contributed by atoms with Crippen LogP contribution in [0.4, 0.5) is 0 Å². The smallest absolute Gasteiger partial charge is 0.261 e. The minimum Gasteiger partial charge on any atom is -0.481 e. The first-order valence-corrected chi connectivity index (χ1v) is 6.76. The molecule has 1 atom stereocenters. The summed E-state index contributed by atoms with van der Waals surface area (Å²) in [6, 6.07) is 9.31. The van der Waals surface area contributed by atoms with Crippen molar-refractivity contribution in [1.29, 1.82) is 0 Å². The summed E-state index contributed by atoms with van der Waals surface area (Å²) >= 11 is 3.35. The third-order valence-corrected chi connectivity index (χ3v) is 3.15. The molecule has 0 radical (unpaired) electrons. The number of carbonyl (C=O) groups is 1. The number of hydrogen-bond acceptors (Lipinski definition) is 2. The van der Waals surface area contributed by atoms with Crippen molar-refractivity contribution in [2.45, 2.75) is 19.6 Å². The van der Waals surface area contributed by atoms with Gasteiger partial charge in [-0.2, -0.15) is 0 Å². The number of aromatic nitrogens is 1. The van der Waals surface area contributed by atoms with E-state index in [0.717, 1.165) is 10.0 Å². The van der Waals surface area contributed by atoms with Gasteiger partial charge in [0.15, 0.2) is 6.10 Å². The Kier molecular flexibility index (Phi) is 4.63. The lowest BCUT2D eigenvalue weighted by Gasteiger charge is -2.14. The van der Waals surface area contributed by atoms with Gasteiger partial charge in [-0.1, -0.05) is 15.9 Å². The highest BCUT2D eigenvalue weighted by molar-refractivity contribution is 9.10. The molecular formula is C14H15BrN2O2. The van der Waals surface area contributed by atoms with Gasteiger partial charge in [-0.3, -0.25) is 4.79 Å². The summed E-state index contributed by atoms with van der Waals surface area (Å²) in [4.78, 5) is 14.8. The van der Waals surface area contributed by atoms with Crippen LogP contribution in [0.5, 0.6) is 5.75 Å². The molecule has 1 aromatic carbocycles. The molecule has 0 saturated carbocycles. The van der Waals surface area contributed by atoms with Crippen molar-refractivity contribution in [2.24, 2.45) is 0 Å². The van der Waals surface area contributed by atoms with Crippen LogP contribution in [-0.2, 0) is 11.3 Å². The number of carbonyl (C=O) groups excluding carboxylic acids is 1. The van der Waals surface area contributed by atoms with Gasteiger partial charge in [-0.25, -0.2) is 0 Å². The molecule has 0 fully saturated rings. The van der Waals surface area contributed by atoms with E-state index in [1.165, 1.54) is 0 Å². The molecule has 0 saturated heterocycles. The summed E-state index contributed by atoms with van der Waals surface area (Å²) in [7, 11) is 0. The molecule has 2 aromatic rings. The summed E-state index contributed by atoms with van der Waals surface area (Å²) in [6.45, 7) is 2.23. The predicted molar refractivity (Wildman–Crippen MR) is 76.9 cm³/mol. The zero-order valence-corrected chi connectivity index (χ0v) is 12.1. The second kappa shape index (κ2) is 6.43. The molecule has 0 aliphatic carbocycles. The first-order valence-electron chi connectivity index (χ1n) is 5.97. The minimum atomic E-state index is -0.528. The lowest BCUT2D eigenvalue weighted by molar-refractivity contribution is -0.127. The fraction of sp³-hybridized carbons (Fsp3) is 0.214. The molecule has 0 bridgehead atoms. The Morgan fingerprint density at radius 2 is 2.11 bits per heavy atom. The van der Waals surface area contributed by atoms with Crippen LogP contribution in [0.3, 0.4) is 0 Å². The van der Waals surface area contributed by atoms with Crippen LogP contribution in [-0.4, -0.2) is 17.0 Å². The van der Waals surface area contributed by atoms with Gasteiger partial charge in [-0.05, 0) is 42.8 Å². The Balaban J connectivity index is 1.83. The second-order valence-electron chi connectivity index (χ2n) is 4.15. The number of rotatable bonds is 5. The average Bonchev–Trinajstić information content (AvgIpc) is 2.91. The number of H-pyrrole nitrogens is 1. The Hall–Kier alpha value is -1.75. The van der Waals surface area contributed by atoms with E-state index in [4.69, 9.17) is 4.74 Å². The number of hydrogen-bond donors (Lipinski definition) is 2. The number of amides is 1. The molecule has 100 valence electrons. The van der Waals surface area contributed by atoms with E-state index in [-0.39, 0.29) is 5.91 Å². The zero-order chi connectivity index (χ0) is 13.7. The van der Waals surface area contributed by atoms with Gasteiger partial charge in [0.2, 0.25) is 0 Å². The highest BCUT2D eigenvalue weighted by atomic mass is 79.9. The molecule has 4 nitrogen and oxygen atoms in total. The summed E-state index contributed by atoms with van der Waals surface area (Å²) in [5.41, 5.74) is 1.03. The van der Waals surface area contributed by atoms with Gasteiger partial charge in [0.1, 0.15) is 5.75 Å². The summed E-state index contributed by atoms with van der Waals surface area (Å²) in [6.07, 6.45) is 3.14. The van der Waals surface area contributed by atoms with Crippen LogP contribution in [0.2, 0.25) is 0 Å². The molecule has 1 amide bonds. The van der Waals surface area contributed by atoms with E-state index in [1.807, 2.05) is 42.7 Å². The standard InChI is InChI=1S/C14H15BrN2O2/c1-10(19-13-4-2-12(15)3-5-13)14(18)17-9-11-6-7-16-8-11/h2-8,10,16H,9H2,1H3,(H,17,18). The first-order chi connectivity index (χ1) is 9.15. The van der Waals surface area contributed by atoms with Crippen molar-refractivity contribution in [3.8, 4) is 5.75 Å². The van der Waals surface area contributed by atoms with Gasteiger partial charge in [-0.15, -0.1) is 0 Å². The maximum atomic E-state index is 11.9. The molecular weight excluding hydrogens is 308 g/mol. The number of halogens is 1. The van der Waals surface area contributed by atoms with E-state index < -0.39 is 6.10 Å². The van der Waals surface area contributed by atoms with E-state index in [1.54, 1.807) is 6.92 Å². The highest BCUT2D eigenvalue weighted by Gasteiger charge is 2.14. The Morgan fingerprint density at radius 1 is 1.37 bits per heavy atom. The van der Waals surface area contributed by atoms with Crippen LogP contribution < -0.4 is 10.1 Å². The Labute approximate surface area is 120 Å². The third kappa shape index (κ3) is 4.13. The lowest BCUT2D eigenvalue weighted by Crippen LogP contribution is -2.35. The molecule has 0 aliphatic rings. The van der Waals surface area contributed by atoms with Crippen LogP contribution >= 0.6 is 15.9 Å². The number of ether oxygens (including phenoxy) is 1. The van der Waals surface area contributed by atoms with Crippen molar-refractivity contribution < 1.29 is 9.53 Å². The molecule has 1 unspecified atom stereocenters. The van der Waals surface area contributed by atoms with Crippen molar-refractivity contribution in [2.75, 3.05) is 0 Å². The van der Waals surface area contributed by atoms with E-state index in [0.29, 0.717) is 12.3 Å². The Bertz CT molecular complexity index is 523. The molecule has 1 aromatic heterocycles. The van der Waals surface area contributed by atoms with Gasteiger partial charge in [0.25, 0.3) is 5.91 Å². The normalized spacial score (nSPS) is 11.9. The molecule has 2 rings (SSSR count). The SMILES string of the molecule is CC(Oc1ccc(Br)cc1)C(=O)NCc1cc[nH]c1. The monoisotopic (exact) mass is 322 g/mol. The van der Waals surface area contributed by atoms with Gasteiger partial charge < -0.3 is 15.0 Å². The molecule has 1 heterocycles. The fourth-order valence-electron chi connectivity index (χ4n) is 1.57. The highest BCUT2D eigenvalue weighted by Crippen LogP contribution is 2.17. The third-order valence-electron chi connectivity index (χ3n) is 2.62. The molecule has 0 aliphatic heterocycles. The van der Waals surface area contributed by atoms with Crippen LogP contribution in [0.25, 0.3) is 0 Å². The largest absolute Gasteiger partial charge is 0.481 e. The second-order valence-corrected chi connectivity index (χ2v) is 5.07. The maximum Gasteiger partial charge on any atom is 0.261 e. The van der Waals surface area contributed by atoms with Crippen LogP contribution in [0, 0.1) is 0 Å². The van der Waals surface area contributed by atoms with E-state index >= 15 is 0 Å². The Morgan fingerprint density at radius 3 is 2.74 bits per heavy atom. The average molecular weight is 323 g/mol. The maximum absolute atomic E-state index is 11.9. The van der Waals surface area contributed by atoms with Crippen molar-refractivity contribution >= 4 is 21.8 Å². The molecule has 5 heteroatoms. The summed E-state index contributed by atoms with van der Waals surface area (Å²) in [5, 5.41) is 2.82. The van der Waals surface area contributed by atoms with E-state index in [2.05, 4.69) is 26.2 Å². The summed E-state index contributed by atoms with van der Waals surface area (Å²) < 4.78 is 6.54. The van der Waals surface area contributed by atoms with E-state index in [9.17, 15) is 4.79 Å². The first kappa shape index (κ1) is 13.7. The lowest BCUT2D eigenvalue weighted by atomic mass is 10.3. The van der Waals surface area contributed by atoms with Crippen molar-refractivity contribution in [1.82, 2.24) is 10.3 Å². The van der Waals surface area contributed by atoms with Gasteiger partial charge in [0, 0.05) is 23.4 Å². The van der Waals surface area contributed by atoms with Crippen molar-refractivity contribution in [3.63, 3.8) is 0 Å². The molecule has 2 N–H and O–H groups in total. The van der Waals surface area contributed by atoms with Crippen LogP contribution in [0.15, 0.2) is 47.2 Å².